The first-order valence-corrected chi connectivity index (χ1v) is 12.2. The number of aromatic nitrogens is 3. The van der Waals surface area contributed by atoms with Gasteiger partial charge in [-0.2, -0.15) is 0 Å². The Morgan fingerprint density at radius 1 is 1.17 bits per heavy atom. The number of carboxylic acid groups (broad SMARTS) is 1. The van der Waals surface area contributed by atoms with Gasteiger partial charge in [0.1, 0.15) is 17.3 Å². The molecule has 2 aliphatic heterocycles. The van der Waals surface area contributed by atoms with Crippen LogP contribution < -0.4 is 4.90 Å². The molecular formula is C26H27FN4O4. The van der Waals surface area contributed by atoms with Crippen LogP contribution in [0.2, 0.25) is 0 Å². The molecule has 9 heteroatoms. The lowest BCUT2D eigenvalue weighted by molar-refractivity contribution is 0.0144. The van der Waals surface area contributed by atoms with Gasteiger partial charge in [0.15, 0.2) is 5.69 Å². The van der Waals surface area contributed by atoms with Gasteiger partial charge in [-0.1, -0.05) is 17.3 Å². The number of aromatic carboxylic acids is 1. The third-order valence-corrected chi connectivity index (χ3v) is 7.31. The molecule has 0 radical (unpaired) electrons. The van der Waals surface area contributed by atoms with Crippen molar-refractivity contribution in [3.05, 3.63) is 58.9 Å². The third kappa shape index (κ3) is 4.29. The van der Waals surface area contributed by atoms with Crippen LogP contribution in [0.15, 0.2) is 34.9 Å². The van der Waals surface area contributed by atoms with E-state index in [-0.39, 0.29) is 29.7 Å². The Balaban J connectivity index is 1.19. The number of nitrogens with zero attached hydrogens (tertiary/aromatic N) is 4. The highest BCUT2D eigenvalue weighted by Crippen LogP contribution is 2.45. The summed E-state index contributed by atoms with van der Waals surface area (Å²) < 4.78 is 26.0. The van der Waals surface area contributed by atoms with Crippen LogP contribution >= 0.6 is 0 Å². The molecule has 3 atom stereocenters. The molecule has 182 valence electrons. The van der Waals surface area contributed by atoms with Crippen LogP contribution in [-0.2, 0) is 11.3 Å². The highest BCUT2D eigenvalue weighted by Gasteiger charge is 2.43. The summed E-state index contributed by atoms with van der Waals surface area (Å²) in [6.07, 6.45) is 5.82. The quantitative estimate of drug-likeness (QED) is 0.513. The van der Waals surface area contributed by atoms with Gasteiger partial charge in [0, 0.05) is 34.8 Å². The van der Waals surface area contributed by atoms with Crippen molar-refractivity contribution in [2.75, 3.05) is 4.90 Å². The molecule has 8 nitrogen and oxygen atoms in total. The van der Waals surface area contributed by atoms with E-state index in [1.54, 1.807) is 13.0 Å². The van der Waals surface area contributed by atoms with Gasteiger partial charge in [0.05, 0.1) is 12.7 Å². The van der Waals surface area contributed by atoms with Gasteiger partial charge >= 0.3 is 5.97 Å². The zero-order chi connectivity index (χ0) is 24.1. The minimum absolute atomic E-state index is 0.0233. The molecule has 0 amide bonds. The number of hydrogen-bond donors (Lipinski definition) is 1. The predicted octanol–water partition coefficient (Wildman–Crippen LogP) is 4.87. The molecule has 1 saturated carbocycles. The van der Waals surface area contributed by atoms with E-state index in [1.165, 1.54) is 18.2 Å². The van der Waals surface area contributed by atoms with Crippen molar-refractivity contribution in [2.24, 2.45) is 0 Å². The molecule has 3 aromatic rings. The molecule has 2 bridgehead atoms. The summed E-state index contributed by atoms with van der Waals surface area (Å²) in [5, 5.41) is 13.7. The van der Waals surface area contributed by atoms with Gasteiger partial charge < -0.3 is 19.3 Å². The predicted molar refractivity (Wildman–Crippen MR) is 125 cm³/mol. The molecule has 6 rings (SSSR count). The number of ether oxygens (including phenoxy) is 1. The van der Waals surface area contributed by atoms with Crippen LogP contribution in [-0.4, -0.2) is 44.4 Å². The van der Waals surface area contributed by atoms with Crippen molar-refractivity contribution in [1.29, 1.82) is 0 Å². The van der Waals surface area contributed by atoms with E-state index in [0.29, 0.717) is 35.4 Å². The van der Waals surface area contributed by atoms with Crippen LogP contribution in [0.4, 0.5) is 10.3 Å². The monoisotopic (exact) mass is 478 g/mol. The Morgan fingerprint density at radius 3 is 2.63 bits per heavy atom. The standard InChI is InChI=1S/C26H27FN4O4/c1-14-9-22(25(32)33)29-26(28-14)31-18-7-8-19(31)12-20(11-18)34-13-21-23(16-3-2-4-17(27)10-16)30-35-24(21)15-5-6-15/h2-4,9-10,15,18-20H,5-8,11-13H2,1H3,(H,32,33)/t18-,19+,20+. The second kappa shape index (κ2) is 8.71. The molecule has 2 aromatic heterocycles. The number of aryl methyl sites for hydroxylation is 1. The second-order valence-electron chi connectivity index (χ2n) is 9.86. The van der Waals surface area contributed by atoms with Gasteiger partial charge in [-0.05, 0) is 63.6 Å². The highest BCUT2D eigenvalue weighted by atomic mass is 19.1. The van der Waals surface area contributed by atoms with Gasteiger partial charge in [-0.25, -0.2) is 19.2 Å². The molecule has 4 heterocycles. The number of carboxylic acids is 1. The number of halogens is 1. The van der Waals surface area contributed by atoms with Crippen LogP contribution in [0, 0.1) is 12.7 Å². The fraction of sp³-hybridized carbons (Fsp3) is 0.462. The molecule has 0 unspecified atom stereocenters. The fourth-order valence-corrected chi connectivity index (χ4v) is 5.56. The van der Waals surface area contributed by atoms with Crippen molar-refractivity contribution in [3.63, 3.8) is 0 Å². The van der Waals surface area contributed by atoms with E-state index in [9.17, 15) is 14.3 Å². The Morgan fingerprint density at radius 2 is 1.94 bits per heavy atom. The molecule has 1 aliphatic carbocycles. The summed E-state index contributed by atoms with van der Waals surface area (Å²) in [7, 11) is 0. The maximum Gasteiger partial charge on any atom is 0.354 e. The largest absolute Gasteiger partial charge is 0.477 e. The Hall–Kier alpha value is -3.33. The molecule has 3 aliphatic rings. The lowest BCUT2D eigenvalue weighted by Gasteiger charge is -2.39. The Labute approximate surface area is 202 Å². The molecule has 35 heavy (non-hydrogen) atoms. The maximum absolute atomic E-state index is 13.9. The lowest BCUT2D eigenvalue weighted by atomic mass is 9.99. The van der Waals surface area contributed by atoms with Crippen LogP contribution in [0.1, 0.15) is 71.9 Å². The molecule has 3 fully saturated rings. The zero-order valence-corrected chi connectivity index (χ0v) is 19.5. The van der Waals surface area contributed by atoms with Gasteiger partial charge in [-0.3, -0.25) is 0 Å². The number of anilines is 1. The number of carbonyl (C=O) groups is 1. The summed E-state index contributed by atoms with van der Waals surface area (Å²) >= 11 is 0. The summed E-state index contributed by atoms with van der Waals surface area (Å²) in [5.41, 5.74) is 2.94. The first-order chi connectivity index (χ1) is 17.0. The zero-order valence-electron chi connectivity index (χ0n) is 19.5. The first kappa shape index (κ1) is 22.2. The molecule has 2 saturated heterocycles. The van der Waals surface area contributed by atoms with Crippen molar-refractivity contribution >= 4 is 11.9 Å². The van der Waals surface area contributed by atoms with E-state index >= 15 is 0 Å². The van der Waals surface area contributed by atoms with E-state index in [0.717, 1.165) is 49.8 Å². The van der Waals surface area contributed by atoms with Crippen LogP contribution in [0.5, 0.6) is 0 Å². The van der Waals surface area contributed by atoms with Crippen molar-refractivity contribution in [2.45, 2.75) is 76.2 Å². The van der Waals surface area contributed by atoms with E-state index in [1.807, 2.05) is 6.07 Å². The van der Waals surface area contributed by atoms with Crippen molar-refractivity contribution in [3.8, 4) is 11.3 Å². The van der Waals surface area contributed by atoms with Gasteiger partial charge in [0.2, 0.25) is 5.95 Å². The number of piperidine rings is 1. The summed E-state index contributed by atoms with van der Waals surface area (Å²) in [6.45, 7) is 2.16. The van der Waals surface area contributed by atoms with Gasteiger partial charge in [0.25, 0.3) is 0 Å². The summed E-state index contributed by atoms with van der Waals surface area (Å²) in [4.78, 5) is 22.5. The van der Waals surface area contributed by atoms with E-state index < -0.39 is 5.97 Å². The van der Waals surface area contributed by atoms with Crippen molar-refractivity contribution < 1.29 is 23.6 Å². The topological polar surface area (TPSA) is 102 Å². The molecule has 1 N–H and O–H groups in total. The molecule has 1 aromatic carbocycles. The third-order valence-electron chi connectivity index (χ3n) is 7.31. The van der Waals surface area contributed by atoms with Crippen LogP contribution in [0.3, 0.4) is 0 Å². The molecule has 0 spiro atoms. The summed E-state index contributed by atoms with van der Waals surface area (Å²) in [6, 6.07) is 8.32. The normalized spacial score (nSPS) is 23.6. The number of benzene rings is 1. The average Bonchev–Trinajstić information content (AvgIpc) is 3.53. The average molecular weight is 479 g/mol. The minimum atomic E-state index is -1.04. The Bertz CT molecular complexity index is 1260. The van der Waals surface area contributed by atoms with Crippen molar-refractivity contribution in [1.82, 2.24) is 15.1 Å². The van der Waals surface area contributed by atoms with E-state index in [2.05, 4.69) is 20.0 Å². The number of rotatable bonds is 7. The number of fused-ring (bicyclic) bond motifs is 2. The van der Waals surface area contributed by atoms with Gasteiger partial charge in [-0.15, -0.1) is 0 Å². The first-order valence-electron chi connectivity index (χ1n) is 12.2. The smallest absolute Gasteiger partial charge is 0.354 e. The Kier molecular flexibility index (Phi) is 5.51. The highest BCUT2D eigenvalue weighted by molar-refractivity contribution is 5.85. The minimum Gasteiger partial charge on any atom is -0.477 e. The lowest BCUT2D eigenvalue weighted by Crippen LogP contribution is -2.46. The number of hydrogen-bond acceptors (Lipinski definition) is 7. The molecular weight excluding hydrogens is 451 g/mol. The summed E-state index contributed by atoms with van der Waals surface area (Å²) in [5.74, 6) is 0.370. The second-order valence-corrected chi connectivity index (χ2v) is 9.86. The van der Waals surface area contributed by atoms with E-state index in [4.69, 9.17) is 9.26 Å². The SMILES string of the molecule is Cc1cc(C(=O)O)nc(N2[C@@H]3CC[C@H]2C[C@@H](OCc2c(-c4cccc(F)c4)noc2C2CC2)C3)n1. The van der Waals surface area contributed by atoms with Crippen LogP contribution in [0.25, 0.3) is 11.3 Å². The maximum atomic E-state index is 13.9. The fourth-order valence-electron chi connectivity index (χ4n) is 5.56.